The van der Waals surface area contributed by atoms with E-state index >= 15 is 0 Å². The van der Waals surface area contributed by atoms with Gasteiger partial charge in [0, 0.05) is 31.3 Å². The monoisotopic (exact) mass is 608 g/mol. The van der Waals surface area contributed by atoms with Crippen molar-refractivity contribution < 1.29 is 43.3 Å². The van der Waals surface area contributed by atoms with Gasteiger partial charge in [0.15, 0.2) is 5.78 Å². The first kappa shape index (κ1) is 31.8. The molecule has 12 heteroatoms. The van der Waals surface area contributed by atoms with E-state index in [9.17, 15) is 28.8 Å². The largest absolute Gasteiger partial charge is 0.506 e. The van der Waals surface area contributed by atoms with Gasteiger partial charge in [0.25, 0.3) is 11.8 Å². The van der Waals surface area contributed by atoms with E-state index < -0.39 is 29.9 Å². The van der Waals surface area contributed by atoms with E-state index in [0.29, 0.717) is 11.1 Å². The highest BCUT2D eigenvalue weighted by molar-refractivity contribution is 9.12. The van der Waals surface area contributed by atoms with Crippen molar-refractivity contribution in [3.63, 3.8) is 0 Å². The van der Waals surface area contributed by atoms with E-state index in [0.717, 1.165) is 4.90 Å². The molecule has 0 saturated carbocycles. The van der Waals surface area contributed by atoms with Crippen molar-refractivity contribution in [1.82, 2.24) is 10.2 Å². The Morgan fingerprint density at radius 3 is 2.23 bits per heavy atom. The number of ketones is 2. The smallest absolute Gasteiger partial charge is 0.450 e. The minimum Gasteiger partial charge on any atom is -0.450 e. The molecule has 0 bridgehead atoms. The Hall–Kier alpha value is -3.38. The van der Waals surface area contributed by atoms with Gasteiger partial charge in [-0.15, -0.1) is 0 Å². The first-order chi connectivity index (χ1) is 18.4. The first-order valence-corrected chi connectivity index (χ1v) is 13.3. The standard InChI is InChI=1S/C27H33BrN2O9/c1-16(2)21(13-20(31)8-10-38-11-9-30-24(33)14-22(28)26(30)35)25(34)29-17(3)23(32)12-18-4-6-19(7-5-18)15-39-27(36)37/h4-7,14,16-17,21H,8-13,15H2,1-3H3,(H,29,34)(H,36,37)/t17-,21-/m0/s1. The second kappa shape index (κ2) is 15.3. The average Bonchev–Trinajstić information content (AvgIpc) is 3.11. The normalized spacial score (nSPS) is 14.7. The number of amides is 3. The van der Waals surface area contributed by atoms with Gasteiger partial charge >= 0.3 is 6.16 Å². The van der Waals surface area contributed by atoms with Crippen LogP contribution in [0.15, 0.2) is 34.8 Å². The number of hydrogen-bond donors (Lipinski definition) is 2. The van der Waals surface area contributed by atoms with Crippen LogP contribution in [0.4, 0.5) is 4.79 Å². The molecular weight excluding hydrogens is 576 g/mol. The second-order valence-corrected chi connectivity index (χ2v) is 10.3. The molecule has 0 aromatic heterocycles. The number of nitrogens with one attached hydrogen (secondary N) is 1. The summed E-state index contributed by atoms with van der Waals surface area (Å²) in [4.78, 5) is 73.1. The molecule has 2 rings (SSSR count). The van der Waals surface area contributed by atoms with Gasteiger partial charge in [0.1, 0.15) is 12.4 Å². The lowest BCUT2D eigenvalue weighted by molar-refractivity contribution is -0.138. The topological polar surface area (TPSA) is 156 Å². The highest BCUT2D eigenvalue weighted by Crippen LogP contribution is 2.19. The second-order valence-electron chi connectivity index (χ2n) is 9.49. The molecular formula is C27H33BrN2O9. The van der Waals surface area contributed by atoms with Crippen LogP contribution in [-0.4, -0.2) is 71.3 Å². The first-order valence-electron chi connectivity index (χ1n) is 12.5. The molecule has 1 aromatic rings. The molecule has 2 atom stereocenters. The summed E-state index contributed by atoms with van der Waals surface area (Å²) in [6, 6.07) is 5.96. The highest BCUT2D eigenvalue weighted by Gasteiger charge is 2.29. The minimum absolute atomic E-state index is 0.00634. The van der Waals surface area contributed by atoms with Gasteiger partial charge < -0.3 is 19.9 Å². The molecule has 3 amide bonds. The van der Waals surface area contributed by atoms with Gasteiger partial charge in [0.2, 0.25) is 5.91 Å². The molecule has 2 N–H and O–H groups in total. The van der Waals surface area contributed by atoms with E-state index in [2.05, 4.69) is 26.0 Å². The molecule has 39 heavy (non-hydrogen) atoms. The number of halogens is 1. The van der Waals surface area contributed by atoms with Crippen molar-refractivity contribution in [2.24, 2.45) is 11.8 Å². The van der Waals surface area contributed by atoms with E-state index in [-0.39, 0.29) is 73.5 Å². The fraction of sp³-hybridized carbons (Fsp3) is 0.481. The molecule has 212 valence electrons. The zero-order chi connectivity index (χ0) is 29.1. The Morgan fingerprint density at radius 1 is 1.03 bits per heavy atom. The van der Waals surface area contributed by atoms with Gasteiger partial charge in [-0.05, 0) is 39.9 Å². The predicted molar refractivity (Wildman–Crippen MR) is 143 cm³/mol. The van der Waals surface area contributed by atoms with Crippen molar-refractivity contribution >= 4 is 51.4 Å². The van der Waals surface area contributed by atoms with Gasteiger partial charge in [0.05, 0.1) is 30.3 Å². The molecule has 0 fully saturated rings. The van der Waals surface area contributed by atoms with E-state index in [1.165, 1.54) is 6.08 Å². The van der Waals surface area contributed by atoms with Crippen LogP contribution in [0.25, 0.3) is 0 Å². The van der Waals surface area contributed by atoms with E-state index in [1.54, 1.807) is 31.2 Å². The number of hydrogen-bond acceptors (Lipinski definition) is 8. The zero-order valence-corrected chi connectivity index (χ0v) is 23.7. The lowest BCUT2D eigenvalue weighted by atomic mass is 9.88. The lowest BCUT2D eigenvalue weighted by Crippen LogP contribution is -2.44. The Balaban J connectivity index is 1.75. The van der Waals surface area contributed by atoms with Crippen LogP contribution in [-0.2, 0) is 46.5 Å². The molecule has 0 unspecified atom stereocenters. The van der Waals surface area contributed by atoms with Gasteiger partial charge in [-0.2, -0.15) is 0 Å². The van der Waals surface area contributed by atoms with Crippen molar-refractivity contribution in [2.45, 2.75) is 52.7 Å². The minimum atomic E-state index is -1.37. The van der Waals surface area contributed by atoms with Crippen LogP contribution in [0.5, 0.6) is 0 Å². The summed E-state index contributed by atoms with van der Waals surface area (Å²) in [7, 11) is 0. The number of carbonyl (C=O) groups is 6. The fourth-order valence-corrected chi connectivity index (χ4v) is 4.17. The molecule has 1 aromatic carbocycles. The number of carboxylic acid groups (broad SMARTS) is 1. The van der Waals surface area contributed by atoms with Crippen LogP contribution in [0.3, 0.4) is 0 Å². The predicted octanol–water partition coefficient (Wildman–Crippen LogP) is 2.78. The molecule has 0 spiro atoms. The summed E-state index contributed by atoms with van der Waals surface area (Å²) in [5.74, 6) is -2.39. The number of benzene rings is 1. The quantitative estimate of drug-likeness (QED) is 0.163. The van der Waals surface area contributed by atoms with Gasteiger partial charge in [-0.3, -0.25) is 28.9 Å². The van der Waals surface area contributed by atoms with Crippen molar-refractivity contribution in [2.75, 3.05) is 19.8 Å². The summed E-state index contributed by atoms with van der Waals surface area (Å²) < 4.78 is 10.1. The summed E-state index contributed by atoms with van der Waals surface area (Å²) in [6.45, 7) is 5.40. The summed E-state index contributed by atoms with van der Waals surface area (Å²) in [6.07, 6.45) is -0.0380. The van der Waals surface area contributed by atoms with Crippen LogP contribution in [0.1, 0.15) is 44.7 Å². The Kier molecular flexibility index (Phi) is 12.5. The maximum atomic E-state index is 12.9. The number of rotatable bonds is 16. The molecule has 0 aliphatic carbocycles. The molecule has 1 heterocycles. The third-order valence-corrected chi connectivity index (χ3v) is 6.71. The van der Waals surface area contributed by atoms with Crippen LogP contribution >= 0.6 is 15.9 Å². The highest BCUT2D eigenvalue weighted by atomic mass is 79.9. The number of imide groups is 1. The number of Topliss-reactive ketones (excluding diaryl/α,β-unsaturated/α-hetero) is 2. The molecule has 0 saturated heterocycles. The summed E-state index contributed by atoms with van der Waals surface area (Å²) in [5, 5.41) is 11.3. The Bertz CT molecular complexity index is 1110. The zero-order valence-electron chi connectivity index (χ0n) is 22.1. The fourth-order valence-electron chi connectivity index (χ4n) is 3.76. The number of nitrogens with zero attached hydrogens (tertiary/aromatic N) is 1. The lowest BCUT2D eigenvalue weighted by Gasteiger charge is -2.22. The maximum Gasteiger partial charge on any atom is 0.506 e. The third kappa shape index (κ3) is 10.4. The van der Waals surface area contributed by atoms with Crippen molar-refractivity contribution in [3.8, 4) is 0 Å². The number of carbonyl (C=O) groups excluding carboxylic acids is 5. The van der Waals surface area contributed by atoms with Crippen molar-refractivity contribution in [3.05, 3.63) is 46.0 Å². The Labute approximate surface area is 235 Å². The third-order valence-electron chi connectivity index (χ3n) is 6.14. The average molecular weight is 609 g/mol. The van der Waals surface area contributed by atoms with Crippen LogP contribution in [0, 0.1) is 11.8 Å². The van der Waals surface area contributed by atoms with Gasteiger partial charge in [-0.1, -0.05) is 38.1 Å². The number of ether oxygens (including phenoxy) is 2. The SMILES string of the molecule is CC(C)[C@H](CC(=O)CCOCCN1C(=O)C=C(Br)C1=O)C(=O)N[C@@H](C)C(=O)Cc1ccc(COC(=O)O)cc1. The van der Waals surface area contributed by atoms with Gasteiger partial charge in [-0.25, -0.2) is 4.79 Å². The maximum absolute atomic E-state index is 12.9. The van der Waals surface area contributed by atoms with E-state index in [4.69, 9.17) is 9.84 Å². The molecule has 11 nitrogen and oxygen atoms in total. The van der Waals surface area contributed by atoms with Crippen molar-refractivity contribution in [1.29, 1.82) is 0 Å². The Morgan fingerprint density at radius 2 is 1.67 bits per heavy atom. The summed E-state index contributed by atoms with van der Waals surface area (Å²) >= 11 is 3.01. The van der Waals surface area contributed by atoms with E-state index in [1.807, 2.05) is 13.8 Å². The molecule has 1 aliphatic rings. The van der Waals surface area contributed by atoms with Crippen LogP contribution < -0.4 is 5.32 Å². The molecule has 1 aliphatic heterocycles. The molecule has 0 radical (unpaired) electrons. The van der Waals surface area contributed by atoms with Crippen LogP contribution in [0.2, 0.25) is 0 Å². The summed E-state index contributed by atoms with van der Waals surface area (Å²) in [5.41, 5.74) is 1.35.